The Bertz CT molecular complexity index is 365. The topological polar surface area (TPSA) is 47.9 Å². The number of nitrogens with zero attached hydrogens (tertiary/aromatic N) is 1. The van der Waals surface area contributed by atoms with Crippen LogP contribution in [0, 0.1) is 0 Å². The van der Waals surface area contributed by atoms with Gasteiger partial charge in [-0.3, -0.25) is 0 Å². The van der Waals surface area contributed by atoms with E-state index in [1.54, 1.807) is 0 Å². The van der Waals surface area contributed by atoms with Crippen molar-refractivity contribution in [2.45, 2.75) is 6.61 Å². The number of alkyl halides is 1. The number of halogens is 1. The van der Waals surface area contributed by atoms with E-state index in [1.165, 1.54) is 7.11 Å². The van der Waals surface area contributed by atoms with Crippen molar-refractivity contribution in [3.63, 3.8) is 0 Å². The van der Waals surface area contributed by atoms with Crippen LogP contribution < -0.4 is 0 Å². The van der Waals surface area contributed by atoms with Gasteiger partial charge in [-0.15, -0.1) is 0 Å². The predicted molar refractivity (Wildman–Crippen MR) is 64.5 cm³/mol. The highest BCUT2D eigenvalue weighted by Crippen LogP contribution is 2.01. The smallest absolute Gasteiger partial charge is 0.356 e. The van der Waals surface area contributed by atoms with E-state index in [0.29, 0.717) is 11.9 Å². The number of oxime groups is 1. The molecule has 0 bridgehead atoms. The van der Waals surface area contributed by atoms with E-state index in [-0.39, 0.29) is 5.71 Å². The van der Waals surface area contributed by atoms with E-state index in [2.05, 4.69) is 25.8 Å². The van der Waals surface area contributed by atoms with Gasteiger partial charge in [-0.25, -0.2) is 4.79 Å². The summed E-state index contributed by atoms with van der Waals surface area (Å²) in [5, 5.41) is 4.00. The summed E-state index contributed by atoms with van der Waals surface area (Å²) in [6.45, 7) is 0.328. The molecule has 4 nitrogen and oxygen atoms in total. The first-order valence-corrected chi connectivity index (χ1v) is 5.77. The number of rotatable bonds is 5. The maximum atomic E-state index is 11.1. The highest BCUT2D eigenvalue weighted by atomic mass is 79.9. The van der Waals surface area contributed by atoms with Crippen LogP contribution >= 0.6 is 15.9 Å². The molecule has 1 rings (SSSR count). The molecule has 0 heterocycles. The van der Waals surface area contributed by atoms with Crippen molar-refractivity contribution in [1.29, 1.82) is 0 Å². The molecule has 0 aromatic heterocycles. The molecule has 0 aliphatic rings. The van der Waals surface area contributed by atoms with Crippen LogP contribution in [-0.2, 0) is 21.0 Å². The highest BCUT2D eigenvalue weighted by molar-refractivity contribution is 9.09. The Morgan fingerprint density at radius 2 is 2.06 bits per heavy atom. The predicted octanol–water partition coefficient (Wildman–Crippen LogP) is 2.13. The molecule has 0 aliphatic heterocycles. The number of ether oxygens (including phenoxy) is 1. The standard InChI is InChI=1S/C11H12BrNO3/c1-15-11(14)10(7-12)13-16-8-9-5-3-2-4-6-9/h2-6H,7-8H2,1H3/b13-10-. The molecule has 0 radical (unpaired) electrons. The molecule has 0 spiro atoms. The van der Waals surface area contributed by atoms with Crippen LogP contribution in [0.1, 0.15) is 5.56 Å². The second-order valence-corrected chi connectivity index (χ2v) is 3.48. The van der Waals surface area contributed by atoms with Crippen molar-refractivity contribution in [3.05, 3.63) is 35.9 Å². The minimum absolute atomic E-state index is 0.207. The largest absolute Gasteiger partial charge is 0.464 e. The molecule has 0 unspecified atom stereocenters. The zero-order valence-electron chi connectivity index (χ0n) is 8.85. The van der Waals surface area contributed by atoms with Crippen molar-refractivity contribution in [2.24, 2.45) is 5.16 Å². The Kier molecular flexibility index (Phi) is 5.56. The molecule has 0 amide bonds. The second kappa shape index (κ2) is 7.00. The fourth-order valence-electron chi connectivity index (χ4n) is 0.993. The van der Waals surface area contributed by atoms with Crippen LogP contribution in [0.3, 0.4) is 0 Å². The molecule has 0 fully saturated rings. The molecule has 86 valence electrons. The zero-order chi connectivity index (χ0) is 11.8. The van der Waals surface area contributed by atoms with Crippen LogP contribution in [0.25, 0.3) is 0 Å². The summed E-state index contributed by atoms with van der Waals surface area (Å²) >= 11 is 3.13. The van der Waals surface area contributed by atoms with E-state index in [9.17, 15) is 4.79 Å². The average molecular weight is 286 g/mol. The summed E-state index contributed by atoms with van der Waals surface area (Å²) in [6.07, 6.45) is 0. The van der Waals surface area contributed by atoms with Gasteiger partial charge < -0.3 is 9.57 Å². The number of methoxy groups -OCH3 is 1. The molecule has 0 saturated carbocycles. The SMILES string of the molecule is COC(=O)/C(CBr)=N\OCc1ccccc1. The van der Waals surface area contributed by atoms with E-state index in [4.69, 9.17) is 4.84 Å². The quantitative estimate of drug-likeness (QED) is 0.360. The van der Waals surface area contributed by atoms with Crippen molar-refractivity contribution >= 4 is 27.6 Å². The minimum atomic E-state index is -0.495. The molecule has 16 heavy (non-hydrogen) atoms. The molecule has 0 saturated heterocycles. The highest BCUT2D eigenvalue weighted by Gasteiger charge is 2.10. The van der Waals surface area contributed by atoms with Gasteiger partial charge in [-0.05, 0) is 5.56 Å². The Balaban J connectivity index is 2.49. The van der Waals surface area contributed by atoms with E-state index < -0.39 is 5.97 Å². The third-order valence-corrected chi connectivity index (χ3v) is 2.33. The van der Waals surface area contributed by atoms with Crippen LogP contribution in [0.2, 0.25) is 0 Å². The average Bonchev–Trinajstić information content (AvgIpc) is 2.35. The third-order valence-electron chi connectivity index (χ3n) is 1.80. The Hall–Kier alpha value is -1.36. The van der Waals surface area contributed by atoms with Gasteiger partial charge >= 0.3 is 5.97 Å². The molecule has 0 aliphatic carbocycles. The van der Waals surface area contributed by atoms with E-state index in [0.717, 1.165) is 5.56 Å². The molecule has 0 N–H and O–H groups in total. The molecule has 5 heteroatoms. The number of carbonyl (C=O) groups excluding carboxylic acids is 1. The van der Waals surface area contributed by atoms with Crippen molar-refractivity contribution < 1.29 is 14.4 Å². The van der Waals surface area contributed by atoms with Gasteiger partial charge in [0, 0.05) is 0 Å². The first-order valence-electron chi connectivity index (χ1n) is 4.65. The summed E-state index contributed by atoms with van der Waals surface area (Å²) < 4.78 is 4.53. The number of esters is 1. The van der Waals surface area contributed by atoms with E-state index >= 15 is 0 Å². The van der Waals surface area contributed by atoms with Crippen molar-refractivity contribution in [3.8, 4) is 0 Å². The van der Waals surface area contributed by atoms with Gasteiger partial charge in [0.2, 0.25) is 0 Å². The fourth-order valence-corrected chi connectivity index (χ4v) is 1.32. The number of benzene rings is 1. The van der Waals surface area contributed by atoms with E-state index in [1.807, 2.05) is 30.3 Å². The molecule has 1 aromatic rings. The first-order chi connectivity index (χ1) is 7.77. The Morgan fingerprint density at radius 1 is 1.38 bits per heavy atom. The van der Waals surface area contributed by atoms with Crippen molar-refractivity contribution in [2.75, 3.05) is 12.4 Å². The lowest BCUT2D eigenvalue weighted by atomic mass is 10.2. The summed E-state index contributed by atoms with van der Waals surface area (Å²) in [6, 6.07) is 9.58. The lowest BCUT2D eigenvalue weighted by Gasteiger charge is -2.02. The van der Waals surface area contributed by atoms with Gasteiger partial charge in [0.15, 0.2) is 5.71 Å². The lowest BCUT2D eigenvalue weighted by molar-refractivity contribution is -0.132. The van der Waals surface area contributed by atoms with Crippen LogP contribution in [0.5, 0.6) is 0 Å². The van der Waals surface area contributed by atoms with Crippen molar-refractivity contribution in [1.82, 2.24) is 0 Å². The monoisotopic (exact) mass is 285 g/mol. The summed E-state index contributed by atoms with van der Waals surface area (Å²) in [5.41, 5.74) is 1.20. The third kappa shape index (κ3) is 4.02. The molecule has 1 aromatic carbocycles. The number of carbonyl (C=O) groups is 1. The maximum absolute atomic E-state index is 11.1. The summed E-state index contributed by atoms with van der Waals surface area (Å²) in [5.74, 6) is -0.495. The summed E-state index contributed by atoms with van der Waals surface area (Å²) in [4.78, 5) is 16.2. The van der Waals surface area contributed by atoms with Gasteiger partial charge in [0.25, 0.3) is 0 Å². The summed E-state index contributed by atoms with van der Waals surface area (Å²) in [7, 11) is 1.30. The van der Waals surface area contributed by atoms with Gasteiger partial charge in [0.1, 0.15) is 6.61 Å². The molecule has 0 atom stereocenters. The Morgan fingerprint density at radius 3 is 2.62 bits per heavy atom. The van der Waals surface area contributed by atoms with Crippen LogP contribution in [-0.4, -0.2) is 24.1 Å². The minimum Gasteiger partial charge on any atom is -0.464 e. The van der Waals surface area contributed by atoms with Crippen LogP contribution in [0.4, 0.5) is 0 Å². The Labute approximate surface area is 102 Å². The zero-order valence-corrected chi connectivity index (χ0v) is 10.4. The van der Waals surface area contributed by atoms with Crippen LogP contribution in [0.15, 0.2) is 35.5 Å². The first kappa shape index (κ1) is 12.7. The fraction of sp³-hybridized carbons (Fsp3) is 0.273. The second-order valence-electron chi connectivity index (χ2n) is 2.92. The van der Waals surface area contributed by atoms with Gasteiger partial charge in [-0.2, -0.15) is 0 Å². The lowest BCUT2D eigenvalue weighted by Crippen LogP contribution is -2.17. The molecular formula is C11H12BrNO3. The number of hydrogen-bond acceptors (Lipinski definition) is 4. The number of hydrogen-bond donors (Lipinski definition) is 0. The maximum Gasteiger partial charge on any atom is 0.356 e. The molecular weight excluding hydrogens is 274 g/mol. The normalized spacial score (nSPS) is 11.0. The van der Waals surface area contributed by atoms with Gasteiger partial charge in [0.05, 0.1) is 12.4 Å². The van der Waals surface area contributed by atoms with Gasteiger partial charge in [-0.1, -0.05) is 51.4 Å².